The van der Waals surface area contributed by atoms with Gasteiger partial charge < -0.3 is 14.4 Å². The number of benzene rings is 3. The van der Waals surface area contributed by atoms with Gasteiger partial charge in [-0.3, -0.25) is 9.59 Å². The van der Waals surface area contributed by atoms with Gasteiger partial charge in [0.1, 0.15) is 12.3 Å². The quantitative estimate of drug-likeness (QED) is 0.0822. The summed E-state index contributed by atoms with van der Waals surface area (Å²) in [6, 6.07) is -15.1. The fourth-order valence-electron chi connectivity index (χ4n) is 4.15. The molecule has 1 aliphatic rings. The highest BCUT2D eigenvalue weighted by molar-refractivity contribution is 7.98. The number of carbonyl (C=O) groups is 1. The molecule has 11 heteroatoms. The summed E-state index contributed by atoms with van der Waals surface area (Å²) in [6.07, 6.45) is -12.2. The van der Waals surface area contributed by atoms with Gasteiger partial charge in [-0.2, -0.15) is 18.2 Å². The highest BCUT2D eigenvalue weighted by Crippen LogP contribution is 2.32. The van der Waals surface area contributed by atoms with Gasteiger partial charge in [0.05, 0.1) is 24.8 Å². The van der Waals surface area contributed by atoms with Gasteiger partial charge in [-0.15, -0.1) is 0 Å². The second-order valence-corrected chi connectivity index (χ2v) is 10.7. The van der Waals surface area contributed by atoms with Crippen LogP contribution in [0.25, 0.3) is 11.1 Å². The molecular weight excluding hydrogens is 640 g/mol. The zero-order valence-electron chi connectivity index (χ0n) is 48.4. The van der Waals surface area contributed by atoms with E-state index in [0.717, 1.165) is 13.8 Å². The predicted molar refractivity (Wildman–Crippen MR) is 181 cm³/mol. The van der Waals surface area contributed by atoms with E-state index in [1.807, 2.05) is 0 Å². The third kappa shape index (κ3) is 8.73. The summed E-state index contributed by atoms with van der Waals surface area (Å²) in [5, 5.41) is -1.04. The van der Waals surface area contributed by atoms with Gasteiger partial charge >= 0.3 is 6.18 Å². The fourth-order valence-corrected chi connectivity index (χ4v) is 4.98. The van der Waals surface area contributed by atoms with E-state index in [1.54, 1.807) is 0 Å². The van der Waals surface area contributed by atoms with Gasteiger partial charge in [0.25, 0.3) is 5.56 Å². The van der Waals surface area contributed by atoms with Crippen LogP contribution in [0.1, 0.15) is 80.2 Å². The lowest BCUT2D eigenvalue weighted by molar-refractivity contribution is -0.137. The molecule has 48 heavy (non-hydrogen) atoms. The number of hydrogen-bond acceptors (Lipinski definition) is 5. The first-order valence-corrected chi connectivity index (χ1v) is 14.8. The smallest absolute Gasteiger partial charge is 0.336 e. The Labute approximate surface area is 315 Å². The van der Waals surface area contributed by atoms with Crippen molar-refractivity contribution in [3.8, 4) is 11.1 Å². The molecule has 0 aliphatic heterocycles. The van der Waals surface area contributed by atoms with Crippen molar-refractivity contribution in [2.24, 2.45) is 5.89 Å². The van der Waals surface area contributed by atoms with Gasteiger partial charge in [-0.05, 0) is 78.1 Å². The number of amides is 1. The molecule has 0 N–H and O–H groups in total. The first kappa shape index (κ1) is 16.2. The summed E-state index contributed by atoms with van der Waals surface area (Å²) < 4.78 is 252. The van der Waals surface area contributed by atoms with Gasteiger partial charge in [0.2, 0.25) is 5.91 Å². The van der Waals surface area contributed by atoms with Crippen LogP contribution in [0.15, 0.2) is 82.5 Å². The summed E-state index contributed by atoms with van der Waals surface area (Å²) in [5.74, 6) is -7.35. The number of thioether (sulfide) groups is 1. The van der Waals surface area contributed by atoms with Crippen LogP contribution in [0.5, 0.6) is 0 Å². The molecule has 1 unspecified atom stereocenters. The maximum absolute atomic E-state index is 15.1. The highest BCUT2D eigenvalue weighted by atomic mass is 32.2. The molecule has 1 heterocycles. The van der Waals surface area contributed by atoms with E-state index in [1.165, 1.54) is 0 Å². The molecular formula is C37H40F4N4O2S. The first-order valence-electron chi connectivity index (χ1n) is 25.4. The van der Waals surface area contributed by atoms with Crippen molar-refractivity contribution in [3.05, 3.63) is 117 Å². The lowest BCUT2D eigenvalue weighted by atomic mass is 10.0. The Morgan fingerprint density at radius 1 is 1.00 bits per heavy atom. The predicted octanol–water partition coefficient (Wildman–Crippen LogP) is 7.47. The number of aromatic nitrogens is 2. The van der Waals surface area contributed by atoms with Crippen LogP contribution in [0.4, 0.5) is 17.6 Å². The normalized spacial score (nSPS) is 25.8. The summed E-state index contributed by atoms with van der Waals surface area (Å²) in [4.78, 5) is 33.5. The monoisotopic (exact) mass is 703 g/mol. The third-order valence-corrected chi connectivity index (χ3v) is 7.45. The summed E-state index contributed by atoms with van der Waals surface area (Å²) in [5.41, 5.74) is -9.71. The molecule has 0 saturated carbocycles. The van der Waals surface area contributed by atoms with Gasteiger partial charge in [-0.1, -0.05) is 80.9 Å². The first-order chi connectivity index (χ1) is 31.9. The molecule has 0 bridgehead atoms. The molecule has 1 atom stereocenters. The Bertz CT molecular complexity index is 2840. The molecule has 254 valence electrons. The molecule has 0 saturated heterocycles. The lowest BCUT2D eigenvalue weighted by Crippen LogP contribution is -2.40. The Hall–Kier alpha value is -3.96. The van der Waals surface area contributed by atoms with Crippen molar-refractivity contribution in [2.75, 3.05) is 26.1 Å². The molecule has 6 nitrogen and oxygen atoms in total. The molecule has 1 aromatic heterocycles. The Morgan fingerprint density at radius 3 is 2.21 bits per heavy atom. The zero-order chi connectivity index (χ0) is 54.8. The number of rotatable bonds is 13. The largest absolute Gasteiger partial charge is 0.416 e. The molecule has 1 amide bonds. The molecule has 1 aliphatic carbocycles. The third-order valence-electron chi connectivity index (χ3n) is 6.49. The van der Waals surface area contributed by atoms with Crippen LogP contribution in [-0.4, -0.2) is 51.3 Å². The second-order valence-electron chi connectivity index (χ2n) is 9.75. The van der Waals surface area contributed by atoms with Crippen LogP contribution in [0.2, 0.25) is 0 Å². The number of fused-ring (bicyclic) bond motifs is 1. The molecule has 4 aromatic rings. The van der Waals surface area contributed by atoms with Crippen LogP contribution in [-0.2, 0) is 42.5 Å². The van der Waals surface area contributed by atoms with Crippen molar-refractivity contribution in [1.82, 2.24) is 19.4 Å². The van der Waals surface area contributed by atoms with Crippen molar-refractivity contribution < 1.29 is 53.9 Å². The number of likely N-dealkylation sites (N-methyl/N-ethyl adjacent to an activating group) is 1. The van der Waals surface area contributed by atoms with Crippen LogP contribution >= 0.6 is 11.8 Å². The van der Waals surface area contributed by atoms with Crippen molar-refractivity contribution in [1.29, 1.82) is 0 Å². The number of hydrogen-bond donors (Lipinski definition) is 0. The minimum atomic E-state index is -5.42. The molecule has 3 aromatic carbocycles. The molecule has 0 fully saturated rings. The van der Waals surface area contributed by atoms with Gasteiger partial charge in [0, 0.05) is 49.0 Å². The lowest BCUT2D eigenvalue weighted by Gasteiger charge is -2.28. The highest BCUT2D eigenvalue weighted by Gasteiger charge is 2.30. The second kappa shape index (κ2) is 15.5. The SMILES string of the molecule is [2H]c1c([2H])c(CSc2nc(=O)c3c(n2C([2H])([2H])C(=O)N(CCN(C([2H])([2H])C)C([2H])([2H])C)Cc2c([2H])c([2H])c(-c4c([2H])c([2H])c(C(F)(F)F)c([2H])c4[2H])c([2H])c2[2H])C([2H])([2H])C([2H])(C)C3([2H])[2H])c([2H])c([2H])c1F. The average Bonchev–Trinajstić information content (AvgIpc) is 3.34. The minimum Gasteiger partial charge on any atom is -0.336 e. The minimum absolute atomic E-state index is 0.0719. The summed E-state index contributed by atoms with van der Waals surface area (Å²) in [6.45, 7) is -9.79. The Kier molecular flexibility index (Phi) is 5.22. The van der Waals surface area contributed by atoms with E-state index < -0.39 is 204 Å². The van der Waals surface area contributed by atoms with Gasteiger partial charge in [-0.25, -0.2) is 4.39 Å². The van der Waals surface area contributed by atoms with Gasteiger partial charge in [0.15, 0.2) is 5.16 Å². The zero-order valence-corrected chi connectivity index (χ0v) is 26.2. The maximum Gasteiger partial charge on any atom is 0.416 e. The van der Waals surface area contributed by atoms with Crippen LogP contribution in [0, 0.1) is 11.7 Å². The summed E-state index contributed by atoms with van der Waals surface area (Å²) >= 11 is 0.158. The van der Waals surface area contributed by atoms with E-state index in [0.29, 0.717) is 16.7 Å². The van der Waals surface area contributed by atoms with Crippen LogP contribution < -0.4 is 5.56 Å². The number of carbonyl (C=O) groups excluding carboxylic acids is 1. The van der Waals surface area contributed by atoms with Crippen molar-refractivity contribution >= 4 is 17.7 Å². The van der Waals surface area contributed by atoms with E-state index in [9.17, 15) is 25.1 Å². The standard InChI is InChI=1S/C37H40F4N4O2S/c1-4-43(5-2)18-19-44(22-26-6-10-28(11-7-26)29-12-14-30(15-13-29)37(39,40)41)34(46)23-45-33-21-25(3)20-32(33)35(47)42-36(45)48-24-27-8-16-31(38)17-9-27/h6-17,25H,4-5,18-24H2,1-3H3/i4D2,5D2,6D,7D,8D,9D,10D,11D,12D,13D,14D,15D,16D,17D,20D2,21D2,23D2,25D. The Balaban J connectivity index is 1.81. The summed E-state index contributed by atoms with van der Waals surface area (Å²) in [7, 11) is 0. The van der Waals surface area contributed by atoms with E-state index in [-0.39, 0.29) is 16.3 Å². The van der Waals surface area contributed by atoms with E-state index in [2.05, 4.69) is 4.98 Å². The molecule has 0 radical (unpaired) electrons. The van der Waals surface area contributed by atoms with Crippen LogP contribution in [0.3, 0.4) is 0 Å². The van der Waals surface area contributed by atoms with E-state index in [4.69, 9.17) is 28.8 Å². The fraction of sp³-hybridized carbons (Fsp3) is 0.378. The number of halogens is 4. The molecule has 5 rings (SSSR count). The van der Waals surface area contributed by atoms with Crippen molar-refractivity contribution in [3.63, 3.8) is 0 Å². The van der Waals surface area contributed by atoms with Crippen molar-refractivity contribution in [2.45, 2.75) is 63.6 Å². The van der Waals surface area contributed by atoms with E-state index >= 15 is 4.79 Å². The molecule has 0 spiro atoms. The topological polar surface area (TPSA) is 58.4 Å². The average molecular weight is 704 g/mol. The Morgan fingerprint density at radius 2 is 1.60 bits per heavy atom. The number of alkyl halides is 3. The number of nitrogens with zero attached hydrogens (tertiary/aromatic N) is 4. The maximum atomic E-state index is 15.1.